The molecule has 0 aromatic heterocycles. The molecule has 0 aliphatic heterocycles. The van der Waals surface area contributed by atoms with Gasteiger partial charge in [-0.2, -0.15) is 0 Å². The fourth-order valence-electron chi connectivity index (χ4n) is 2.45. The molecule has 0 radical (unpaired) electrons. The lowest BCUT2D eigenvalue weighted by atomic mass is 9.91. The van der Waals surface area contributed by atoms with Crippen LogP contribution in [0.1, 0.15) is 22.6 Å². The van der Waals surface area contributed by atoms with E-state index in [0.717, 1.165) is 17.9 Å². The number of hydrogen-bond acceptors (Lipinski definition) is 3. The van der Waals surface area contributed by atoms with E-state index in [4.69, 9.17) is 15.2 Å². The highest BCUT2D eigenvalue weighted by Crippen LogP contribution is 2.31. The number of benzene rings is 2. The lowest BCUT2D eigenvalue weighted by Gasteiger charge is -2.17. The third-order valence-corrected chi connectivity index (χ3v) is 3.77. The van der Waals surface area contributed by atoms with Crippen molar-refractivity contribution in [3.05, 3.63) is 59.2 Å². The van der Waals surface area contributed by atoms with Crippen LogP contribution in [0, 0.1) is 6.92 Å². The summed E-state index contributed by atoms with van der Waals surface area (Å²) in [6, 6.07) is 14.6. The zero-order chi connectivity index (χ0) is 15.2. The molecule has 0 saturated carbocycles. The first-order valence-corrected chi connectivity index (χ1v) is 7.15. The lowest BCUT2D eigenvalue weighted by Crippen LogP contribution is -2.15. The van der Waals surface area contributed by atoms with Crippen molar-refractivity contribution in [3.8, 4) is 11.5 Å². The van der Waals surface area contributed by atoms with Crippen LogP contribution >= 0.6 is 0 Å². The number of ether oxygens (including phenoxy) is 2. The van der Waals surface area contributed by atoms with Crippen molar-refractivity contribution in [2.75, 3.05) is 20.8 Å². The summed E-state index contributed by atoms with van der Waals surface area (Å²) in [6.07, 6.45) is 0.923. The second-order valence-corrected chi connectivity index (χ2v) is 5.24. The second kappa shape index (κ2) is 7.14. The molecule has 112 valence electrons. The average molecular weight is 285 g/mol. The molecular weight excluding hydrogens is 262 g/mol. The molecule has 0 aliphatic rings. The molecule has 2 aromatic carbocycles. The predicted molar refractivity (Wildman–Crippen MR) is 86.2 cm³/mol. The Morgan fingerprint density at radius 2 is 1.62 bits per heavy atom. The number of aryl methyl sites for hydroxylation is 1. The summed E-state index contributed by atoms with van der Waals surface area (Å²) in [5.74, 6) is 1.76. The maximum atomic E-state index is 5.97. The van der Waals surface area contributed by atoms with Gasteiger partial charge in [0.05, 0.1) is 14.2 Å². The number of hydrogen-bond donors (Lipinski definition) is 1. The zero-order valence-electron chi connectivity index (χ0n) is 12.9. The molecule has 1 atom stereocenters. The van der Waals surface area contributed by atoms with E-state index < -0.39 is 0 Å². The van der Waals surface area contributed by atoms with Crippen LogP contribution in [0.15, 0.2) is 42.5 Å². The van der Waals surface area contributed by atoms with Gasteiger partial charge in [0.15, 0.2) is 11.5 Å². The van der Waals surface area contributed by atoms with Gasteiger partial charge in [0.1, 0.15) is 0 Å². The van der Waals surface area contributed by atoms with Crippen LogP contribution in [0.4, 0.5) is 0 Å². The normalized spacial score (nSPS) is 12.0. The van der Waals surface area contributed by atoms with Crippen molar-refractivity contribution in [3.63, 3.8) is 0 Å². The van der Waals surface area contributed by atoms with E-state index >= 15 is 0 Å². The summed E-state index contributed by atoms with van der Waals surface area (Å²) in [6.45, 7) is 2.70. The monoisotopic (exact) mass is 285 g/mol. The van der Waals surface area contributed by atoms with Gasteiger partial charge in [-0.3, -0.25) is 0 Å². The van der Waals surface area contributed by atoms with Gasteiger partial charge in [-0.25, -0.2) is 0 Å². The van der Waals surface area contributed by atoms with Gasteiger partial charge in [-0.05, 0) is 43.1 Å². The van der Waals surface area contributed by atoms with E-state index in [9.17, 15) is 0 Å². The maximum absolute atomic E-state index is 5.97. The molecule has 2 rings (SSSR count). The maximum Gasteiger partial charge on any atom is 0.160 e. The third kappa shape index (κ3) is 3.76. The minimum atomic E-state index is 0.271. The SMILES string of the molecule is COc1ccc(C(CN)Cc2ccc(C)cc2)cc1OC. The molecule has 21 heavy (non-hydrogen) atoms. The van der Waals surface area contributed by atoms with Crippen molar-refractivity contribution >= 4 is 0 Å². The summed E-state index contributed by atoms with van der Waals surface area (Å²) in [5, 5.41) is 0. The second-order valence-electron chi connectivity index (χ2n) is 5.24. The summed E-state index contributed by atoms with van der Waals surface area (Å²) >= 11 is 0. The molecule has 2 aromatic rings. The first kappa shape index (κ1) is 15.4. The van der Waals surface area contributed by atoms with Crippen LogP contribution in [0.25, 0.3) is 0 Å². The van der Waals surface area contributed by atoms with Gasteiger partial charge >= 0.3 is 0 Å². The molecule has 2 N–H and O–H groups in total. The largest absolute Gasteiger partial charge is 0.493 e. The molecular formula is C18H23NO2. The smallest absolute Gasteiger partial charge is 0.160 e. The molecule has 0 saturated heterocycles. The molecule has 1 unspecified atom stereocenters. The first-order chi connectivity index (χ1) is 10.2. The van der Waals surface area contributed by atoms with E-state index in [0.29, 0.717) is 6.54 Å². The van der Waals surface area contributed by atoms with Gasteiger partial charge in [0.25, 0.3) is 0 Å². The van der Waals surface area contributed by atoms with Crippen molar-refractivity contribution in [1.82, 2.24) is 0 Å². The molecule has 0 bridgehead atoms. The van der Waals surface area contributed by atoms with Crippen molar-refractivity contribution in [2.45, 2.75) is 19.3 Å². The van der Waals surface area contributed by atoms with Crippen LogP contribution in [0.2, 0.25) is 0 Å². The third-order valence-electron chi connectivity index (χ3n) is 3.77. The van der Waals surface area contributed by atoms with Crippen molar-refractivity contribution in [2.24, 2.45) is 5.73 Å². The Kier molecular flexibility index (Phi) is 5.23. The van der Waals surface area contributed by atoms with E-state index in [2.05, 4.69) is 37.3 Å². The van der Waals surface area contributed by atoms with Crippen molar-refractivity contribution in [1.29, 1.82) is 0 Å². The molecule has 0 fully saturated rings. The first-order valence-electron chi connectivity index (χ1n) is 7.15. The topological polar surface area (TPSA) is 44.5 Å². The molecule has 3 nitrogen and oxygen atoms in total. The Labute approximate surface area is 126 Å². The summed E-state index contributed by atoms with van der Waals surface area (Å²) in [4.78, 5) is 0. The van der Waals surface area contributed by atoms with Crippen LogP contribution in [-0.2, 0) is 6.42 Å². The Bertz CT molecular complexity index is 578. The Morgan fingerprint density at radius 3 is 2.19 bits per heavy atom. The highest BCUT2D eigenvalue weighted by atomic mass is 16.5. The quantitative estimate of drug-likeness (QED) is 0.885. The number of rotatable bonds is 6. The molecule has 0 amide bonds. The predicted octanol–water partition coefficient (Wildman–Crippen LogP) is 3.30. The molecule has 0 aliphatic carbocycles. The van der Waals surface area contributed by atoms with E-state index in [1.807, 2.05) is 12.1 Å². The van der Waals surface area contributed by atoms with Crippen LogP contribution in [0.3, 0.4) is 0 Å². The number of methoxy groups -OCH3 is 2. The van der Waals surface area contributed by atoms with E-state index in [1.54, 1.807) is 14.2 Å². The van der Waals surface area contributed by atoms with Gasteiger partial charge in [-0.15, -0.1) is 0 Å². The van der Waals surface area contributed by atoms with E-state index in [1.165, 1.54) is 16.7 Å². The zero-order valence-corrected chi connectivity index (χ0v) is 12.9. The highest BCUT2D eigenvalue weighted by molar-refractivity contribution is 5.44. The minimum Gasteiger partial charge on any atom is -0.493 e. The van der Waals surface area contributed by atoms with Crippen LogP contribution in [0.5, 0.6) is 11.5 Å². The molecule has 0 heterocycles. The molecule has 0 spiro atoms. The molecule has 3 heteroatoms. The Hall–Kier alpha value is -2.00. The summed E-state index contributed by atoms with van der Waals surface area (Å²) in [5.41, 5.74) is 9.72. The minimum absolute atomic E-state index is 0.271. The Morgan fingerprint density at radius 1 is 0.952 bits per heavy atom. The summed E-state index contributed by atoms with van der Waals surface area (Å²) in [7, 11) is 3.29. The number of nitrogens with two attached hydrogens (primary N) is 1. The Balaban J connectivity index is 2.22. The van der Waals surface area contributed by atoms with Gasteiger partial charge in [0.2, 0.25) is 0 Å². The van der Waals surface area contributed by atoms with Crippen molar-refractivity contribution < 1.29 is 9.47 Å². The van der Waals surface area contributed by atoms with Gasteiger partial charge in [-0.1, -0.05) is 35.9 Å². The fraction of sp³-hybridized carbons (Fsp3) is 0.333. The fourth-order valence-corrected chi connectivity index (χ4v) is 2.45. The van der Waals surface area contributed by atoms with Crippen LogP contribution < -0.4 is 15.2 Å². The lowest BCUT2D eigenvalue weighted by molar-refractivity contribution is 0.354. The van der Waals surface area contributed by atoms with E-state index in [-0.39, 0.29) is 5.92 Å². The van der Waals surface area contributed by atoms with Gasteiger partial charge in [0, 0.05) is 5.92 Å². The van der Waals surface area contributed by atoms with Gasteiger partial charge < -0.3 is 15.2 Å². The van der Waals surface area contributed by atoms with Crippen LogP contribution in [-0.4, -0.2) is 20.8 Å². The summed E-state index contributed by atoms with van der Waals surface area (Å²) < 4.78 is 10.7. The average Bonchev–Trinajstić information content (AvgIpc) is 2.53. The highest BCUT2D eigenvalue weighted by Gasteiger charge is 2.14. The standard InChI is InChI=1S/C18H23NO2/c1-13-4-6-14(7-5-13)10-16(12-19)15-8-9-17(20-2)18(11-15)21-3/h4-9,11,16H,10,12,19H2,1-3H3.